The summed E-state index contributed by atoms with van der Waals surface area (Å²) in [6.07, 6.45) is 4.93. The second kappa shape index (κ2) is 4.63. The minimum absolute atomic E-state index is 0.0226. The highest BCUT2D eigenvalue weighted by molar-refractivity contribution is 5.86. The second-order valence-electron chi connectivity index (χ2n) is 5.11. The summed E-state index contributed by atoms with van der Waals surface area (Å²) in [6.45, 7) is 0. The van der Waals surface area contributed by atoms with Crippen LogP contribution in [-0.2, 0) is 18.3 Å². The smallest absolute Gasteiger partial charge is 0.147 e. The summed E-state index contributed by atoms with van der Waals surface area (Å²) in [5.74, 6) is 0.970. The minimum atomic E-state index is -0.0465. The summed E-state index contributed by atoms with van der Waals surface area (Å²) in [6, 6.07) is 7.94. The number of fused-ring (bicyclic) bond motifs is 1. The van der Waals surface area contributed by atoms with Crippen LogP contribution in [0, 0.1) is 5.92 Å². The lowest BCUT2D eigenvalue weighted by Gasteiger charge is -2.08. The first kappa shape index (κ1) is 12.1. The van der Waals surface area contributed by atoms with Gasteiger partial charge in [-0.1, -0.05) is 24.3 Å². The van der Waals surface area contributed by atoms with Crippen LogP contribution in [0.1, 0.15) is 12.2 Å². The summed E-state index contributed by atoms with van der Waals surface area (Å²) in [5.41, 5.74) is 7.78. The predicted octanol–water partition coefficient (Wildman–Crippen LogP) is 1.59. The molecule has 0 fully saturated rings. The molecule has 4 heteroatoms. The molecule has 0 aliphatic heterocycles. The van der Waals surface area contributed by atoms with Crippen LogP contribution in [0.25, 0.3) is 11.0 Å². The lowest BCUT2D eigenvalue weighted by Crippen LogP contribution is -2.21. The Hall–Kier alpha value is -1.94. The Bertz CT molecular complexity index is 656. The first-order valence-corrected chi connectivity index (χ1v) is 6.52. The molecule has 0 saturated carbocycles. The van der Waals surface area contributed by atoms with Crippen LogP contribution < -0.4 is 5.73 Å². The number of ketones is 1. The molecule has 1 aromatic carbocycles. The average Bonchev–Trinajstić information content (AvgIpc) is 2.96. The van der Waals surface area contributed by atoms with Crippen LogP contribution in [0.4, 0.5) is 0 Å². The van der Waals surface area contributed by atoms with E-state index in [0.717, 1.165) is 23.3 Å². The number of imidazole rings is 1. The number of nitrogens with two attached hydrogens (primary N) is 1. The summed E-state index contributed by atoms with van der Waals surface area (Å²) in [4.78, 5) is 16.8. The van der Waals surface area contributed by atoms with Gasteiger partial charge in [0.05, 0.1) is 17.5 Å². The molecule has 98 valence electrons. The SMILES string of the molecule is Cn1c(CC(=O)C2C=CC(N)C2)nc2ccccc21. The van der Waals surface area contributed by atoms with Crippen molar-refractivity contribution in [2.24, 2.45) is 18.7 Å². The molecule has 0 amide bonds. The Morgan fingerprint density at radius 2 is 2.21 bits per heavy atom. The molecule has 0 spiro atoms. The number of benzene rings is 1. The average molecular weight is 255 g/mol. The van der Waals surface area contributed by atoms with Crippen LogP contribution in [0.2, 0.25) is 0 Å². The molecule has 2 aromatic rings. The maximum absolute atomic E-state index is 12.2. The van der Waals surface area contributed by atoms with E-state index in [2.05, 4.69) is 4.98 Å². The number of nitrogens with zero attached hydrogens (tertiary/aromatic N) is 2. The van der Waals surface area contributed by atoms with Gasteiger partial charge in [-0.25, -0.2) is 4.98 Å². The summed E-state index contributed by atoms with van der Waals surface area (Å²) in [5, 5.41) is 0. The number of para-hydroxylation sites is 2. The number of Topliss-reactive ketones (excluding diaryl/α,β-unsaturated/α-hetero) is 1. The number of carbonyl (C=O) groups excluding carboxylic acids is 1. The second-order valence-corrected chi connectivity index (χ2v) is 5.11. The van der Waals surface area contributed by atoms with E-state index in [9.17, 15) is 4.79 Å². The third kappa shape index (κ3) is 2.19. The number of aryl methyl sites for hydroxylation is 1. The largest absolute Gasteiger partial charge is 0.331 e. The fourth-order valence-electron chi connectivity index (χ4n) is 2.61. The molecule has 0 saturated heterocycles. The zero-order chi connectivity index (χ0) is 13.4. The summed E-state index contributed by atoms with van der Waals surface area (Å²) in [7, 11) is 1.95. The van der Waals surface area contributed by atoms with Gasteiger partial charge < -0.3 is 10.3 Å². The van der Waals surface area contributed by atoms with E-state index in [0.29, 0.717) is 6.42 Å². The quantitative estimate of drug-likeness (QED) is 0.847. The monoisotopic (exact) mass is 255 g/mol. The third-order valence-electron chi connectivity index (χ3n) is 3.74. The number of hydrogen-bond donors (Lipinski definition) is 1. The van der Waals surface area contributed by atoms with Gasteiger partial charge in [0.2, 0.25) is 0 Å². The molecule has 1 aliphatic rings. The lowest BCUT2D eigenvalue weighted by atomic mass is 10.00. The van der Waals surface area contributed by atoms with E-state index in [4.69, 9.17) is 5.73 Å². The predicted molar refractivity (Wildman–Crippen MR) is 74.6 cm³/mol. The molecule has 2 unspecified atom stereocenters. The van der Waals surface area contributed by atoms with Crippen molar-refractivity contribution in [2.45, 2.75) is 18.9 Å². The highest BCUT2D eigenvalue weighted by atomic mass is 16.1. The van der Waals surface area contributed by atoms with Crippen molar-refractivity contribution in [2.75, 3.05) is 0 Å². The first-order chi connectivity index (χ1) is 9.15. The number of aromatic nitrogens is 2. The molecule has 19 heavy (non-hydrogen) atoms. The Balaban J connectivity index is 1.83. The first-order valence-electron chi connectivity index (χ1n) is 6.52. The zero-order valence-corrected chi connectivity index (χ0v) is 10.9. The highest BCUT2D eigenvalue weighted by Gasteiger charge is 2.24. The molecular formula is C15H17N3O. The van der Waals surface area contributed by atoms with Crippen LogP contribution in [0.5, 0.6) is 0 Å². The van der Waals surface area contributed by atoms with Crippen LogP contribution in [0.3, 0.4) is 0 Å². The molecule has 1 aliphatic carbocycles. The molecule has 3 rings (SSSR count). The van der Waals surface area contributed by atoms with E-state index in [1.165, 1.54) is 0 Å². The van der Waals surface area contributed by atoms with E-state index >= 15 is 0 Å². The maximum Gasteiger partial charge on any atom is 0.147 e. The molecule has 2 atom stereocenters. The Labute approximate surface area is 111 Å². The van der Waals surface area contributed by atoms with E-state index in [1.807, 2.05) is 48.0 Å². The van der Waals surface area contributed by atoms with Gasteiger partial charge in [0.25, 0.3) is 0 Å². The number of hydrogen-bond acceptors (Lipinski definition) is 3. The Morgan fingerprint density at radius 1 is 1.42 bits per heavy atom. The standard InChI is InChI=1S/C15H17N3O/c1-18-13-5-3-2-4-12(13)17-15(18)9-14(19)10-6-7-11(16)8-10/h2-7,10-11H,8-9,16H2,1H3. The van der Waals surface area contributed by atoms with Gasteiger partial charge in [-0.15, -0.1) is 0 Å². The number of allylic oxidation sites excluding steroid dienone is 1. The number of carbonyl (C=O) groups is 1. The summed E-state index contributed by atoms with van der Waals surface area (Å²) < 4.78 is 1.99. The van der Waals surface area contributed by atoms with Gasteiger partial charge in [-0.2, -0.15) is 0 Å². The van der Waals surface area contributed by atoms with Crippen molar-refractivity contribution >= 4 is 16.8 Å². The Kier molecular flexibility index (Phi) is 2.95. The van der Waals surface area contributed by atoms with Gasteiger partial charge in [0, 0.05) is 19.0 Å². The van der Waals surface area contributed by atoms with Gasteiger partial charge in [-0.05, 0) is 18.6 Å². The van der Waals surface area contributed by atoms with Gasteiger partial charge in [0.1, 0.15) is 11.6 Å². The van der Waals surface area contributed by atoms with E-state index in [-0.39, 0.29) is 17.7 Å². The third-order valence-corrected chi connectivity index (χ3v) is 3.74. The van der Waals surface area contributed by atoms with E-state index < -0.39 is 0 Å². The molecule has 1 heterocycles. The summed E-state index contributed by atoms with van der Waals surface area (Å²) >= 11 is 0. The van der Waals surface area contributed by atoms with Crippen molar-refractivity contribution in [3.8, 4) is 0 Å². The van der Waals surface area contributed by atoms with Crippen molar-refractivity contribution in [3.05, 3.63) is 42.2 Å². The van der Waals surface area contributed by atoms with Crippen molar-refractivity contribution < 1.29 is 4.79 Å². The van der Waals surface area contributed by atoms with Crippen molar-refractivity contribution in [3.63, 3.8) is 0 Å². The topological polar surface area (TPSA) is 60.9 Å². The highest BCUT2D eigenvalue weighted by Crippen LogP contribution is 2.20. The normalized spacial score (nSPS) is 22.2. The van der Waals surface area contributed by atoms with E-state index in [1.54, 1.807) is 0 Å². The minimum Gasteiger partial charge on any atom is -0.331 e. The molecule has 2 N–H and O–H groups in total. The van der Waals surface area contributed by atoms with Crippen molar-refractivity contribution in [1.82, 2.24) is 9.55 Å². The van der Waals surface area contributed by atoms with Crippen molar-refractivity contribution in [1.29, 1.82) is 0 Å². The lowest BCUT2D eigenvalue weighted by molar-refractivity contribution is -0.121. The van der Waals surface area contributed by atoms with Crippen LogP contribution in [-0.4, -0.2) is 21.4 Å². The van der Waals surface area contributed by atoms with Gasteiger partial charge in [-0.3, -0.25) is 4.79 Å². The van der Waals surface area contributed by atoms with Gasteiger partial charge in [0.15, 0.2) is 0 Å². The molecule has 4 nitrogen and oxygen atoms in total. The van der Waals surface area contributed by atoms with Gasteiger partial charge >= 0.3 is 0 Å². The fourth-order valence-corrected chi connectivity index (χ4v) is 2.61. The fraction of sp³-hybridized carbons (Fsp3) is 0.333. The zero-order valence-electron chi connectivity index (χ0n) is 10.9. The molecule has 0 bridgehead atoms. The molecular weight excluding hydrogens is 238 g/mol. The number of rotatable bonds is 3. The molecule has 0 radical (unpaired) electrons. The van der Waals surface area contributed by atoms with Crippen LogP contribution in [0.15, 0.2) is 36.4 Å². The Morgan fingerprint density at radius 3 is 2.89 bits per heavy atom. The molecule has 1 aromatic heterocycles. The van der Waals surface area contributed by atoms with Crippen LogP contribution >= 0.6 is 0 Å². The maximum atomic E-state index is 12.2.